The van der Waals surface area contributed by atoms with Crippen molar-refractivity contribution in [2.24, 2.45) is 0 Å². The fourth-order valence-electron chi connectivity index (χ4n) is 2.88. The first-order chi connectivity index (χ1) is 12.3. The molecule has 0 saturated carbocycles. The Morgan fingerprint density at radius 3 is 2.54 bits per heavy atom. The molecule has 0 atom stereocenters. The number of halogens is 2. The highest BCUT2D eigenvalue weighted by atomic mass is 32.2. The smallest absolute Gasteiger partial charge is 0.265 e. The van der Waals surface area contributed by atoms with Crippen LogP contribution >= 0.6 is 11.3 Å². The van der Waals surface area contributed by atoms with Gasteiger partial charge in [0.1, 0.15) is 9.77 Å². The second-order valence-electron chi connectivity index (χ2n) is 6.13. The second-order valence-corrected chi connectivity index (χ2v) is 8.96. The van der Waals surface area contributed by atoms with Gasteiger partial charge in [0.15, 0.2) is 11.6 Å². The van der Waals surface area contributed by atoms with Crippen LogP contribution in [0.2, 0.25) is 0 Å². The summed E-state index contributed by atoms with van der Waals surface area (Å²) in [4.78, 5) is 14.2. The predicted octanol–water partition coefficient (Wildman–Crippen LogP) is 3.08. The molecule has 140 valence electrons. The Balaban J connectivity index is 1.82. The molecule has 3 rings (SSSR count). The monoisotopic (exact) mass is 400 g/mol. The third-order valence-electron chi connectivity index (χ3n) is 4.26. The number of rotatable bonds is 5. The zero-order chi connectivity index (χ0) is 18.9. The van der Waals surface area contributed by atoms with Crippen molar-refractivity contribution in [2.75, 3.05) is 20.1 Å². The van der Waals surface area contributed by atoms with Gasteiger partial charge in [-0.15, -0.1) is 11.3 Å². The van der Waals surface area contributed by atoms with E-state index in [0.29, 0.717) is 18.7 Å². The van der Waals surface area contributed by atoms with E-state index >= 15 is 0 Å². The zero-order valence-electron chi connectivity index (χ0n) is 14.1. The normalized spacial score (nSPS) is 15.3. The van der Waals surface area contributed by atoms with E-state index in [2.05, 4.69) is 0 Å². The van der Waals surface area contributed by atoms with Crippen molar-refractivity contribution >= 4 is 27.3 Å². The third kappa shape index (κ3) is 3.65. The maximum absolute atomic E-state index is 13.3. The maximum Gasteiger partial charge on any atom is 0.265 e. The molecule has 2 aromatic rings. The van der Waals surface area contributed by atoms with E-state index in [1.807, 2.05) is 0 Å². The Labute approximate surface area is 154 Å². The van der Waals surface area contributed by atoms with Gasteiger partial charge < -0.3 is 4.90 Å². The summed E-state index contributed by atoms with van der Waals surface area (Å²) in [5, 5.41) is 1.57. The molecular weight excluding hydrogens is 382 g/mol. The van der Waals surface area contributed by atoms with Gasteiger partial charge in [0.25, 0.3) is 5.91 Å². The van der Waals surface area contributed by atoms with Crippen LogP contribution in [-0.2, 0) is 16.6 Å². The van der Waals surface area contributed by atoms with Crippen molar-refractivity contribution in [3.05, 3.63) is 51.7 Å². The summed E-state index contributed by atoms with van der Waals surface area (Å²) in [5.41, 5.74) is 0.417. The molecule has 1 fully saturated rings. The van der Waals surface area contributed by atoms with Gasteiger partial charge in [0.2, 0.25) is 10.0 Å². The number of sulfonamides is 1. The van der Waals surface area contributed by atoms with Crippen molar-refractivity contribution in [3.8, 4) is 0 Å². The van der Waals surface area contributed by atoms with Crippen molar-refractivity contribution in [3.63, 3.8) is 0 Å². The Kier molecular flexibility index (Phi) is 5.40. The molecule has 0 radical (unpaired) electrons. The molecule has 0 aliphatic carbocycles. The fraction of sp³-hybridized carbons (Fsp3) is 0.353. The average molecular weight is 400 g/mol. The molecular formula is C17H18F2N2O3S2. The van der Waals surface area contributed by atoms with Crippen LogP contribution in [0, 0.1) is 11.6 Å². The first kappa shape index (κ1) is 18.9. The number of thiophene rings is 1. The minimum atomic E-state index is -3.70. The van der Waals surface area contributed by atoms with Crippen LogP contribution < -0.4 is 0 Å². The Bertz CT molecular complexity index is 922. The van der Waals surface area contributed by atoms with Crippen molar-refractivity contribution < 1.29 is 22.0 Å². The highest BCUT2D eigenvalue weighted by Gasteiger charge is 2.32. The Morgan fingerprint density at radius 1 is 1.19 bits per heavy atom. The van der Waals surface area contributed by atoms with E-state index < -0.39 is 27.6 Å². The number of nitrogens with zero attached hydrogens (tertiary/aromatic N) is 2. The van der Waals surface area contributed by atoms with Crippen molar-refractivity contribution in [1.29, 1.82) is 0 Å². The summed E-state index contributed by atoms with van der Waals surface area (Å²) in [5.74, 6) is -2.42. The predicted molar refractivity (Wildman–Crippen MR) is 94.5 cm³/mol. The molecule has 0 unspecified atom stereocenters. The summed E-state index contributed by atoms with van der Waals surface area (Å²) >= 11 is 1.06. The molecule has 5 nitrogen and oxygen atoms in total. The second kappa shape index (κ2) is 7.42. The number of hydrogen-bond acceptors (Lipinski definition) is 4. The molecule has 2 heterocycles. The van der Waals surface area contributed by atoms with Gasteiger partial charge in [-0.25, -0.2) is 17.2 Å². The molecule has 26 heavy (non-hydrogen) atoms. The number of carbonyl (C=O) groups is 1. The van der Waals surface area contributed by atoms with Crippen LogP contribution in [0.3, 0.4) is 0 Å². The SMILES string of the molecule is CN(Cc1ccc(F)c(F)c1)C(=O)c1sccc1S(=O)(=O)N1CCCC1. The summed E-state index contributed by atoms with van der Waals surface area (Å²) < 4.78 is 53.3. The van der Waals surface area contributed by atoms with Gasteiger partial charge in [-0.3, -0.25) is 4.79 Å². The molecule has 0 spiro atoms. The van der Waals surface area contributed by atoms with E-state index in [1.54, 1.807) is 5.38 Å². The molecule has 1 aliphatic heterocycles. The fourth-order valence-corrected chi connectivity index (χ4v) is 5.79. The van der Waals surface area contributed by atoms with Crippen molar-refractivity contribution in [2.45, 2.75) is 24.3 Å². The third-order valence-corrected chi connectivity index (χ3v) is 7.23. The lowest BCUT2D eigenvalue weighted by Crippen LogP contribution is -2.31. The molecule has 1 amide bonds. The minimum absolute atomic E-state index is 0.00605. The first-order valence-corrected chi connectivity index (χ1v) is 10.4. The summed E-state index contributed by atoms with van der Waals surface area (Å²) in [6.07, 6.45) is 1.62. The number of amides is 1. The van der Waals surface area contributed by atoms with E-state index in [-0.39, 0.29) is 16.3 Å². The highest BCUT2D eigenvalue weighted by molar-refractivity contribution is 7.89. The van der Waals surface area contributed by atoms with Crippen LogP contribution in [0.1, 0.15) is 28.1 Å². The summed E-state index contributed by atoms with van der Waals surface area (Å²) in [7, 11) is -2.21. The average Bonchev–Trinajstić information content (AvgIpc) is 3.29. The number of benzene rings is 1. The van der Waals surface area contributed by atoms with Gasteiger partial charge in [0.05, 0.1) is 0 Å². The quantitative estimate of drug-likeness (QED) is 0.775. The van der Waals surface area contributed by atoms with E-state index in [4.69, 9.17) is 0 Å². The van der Waals surface area contributed by atoms with E-state index in [0.717, 1.165) is 36.3 Å². The minimum Gasteiger partial charge on any atom is -0.337 e. The maximum atomic E-state index is 13.3. The molecule has 1 aromatic heterocycles. The van der Waals surface area contributed by atoms with E-state index in [9.17, 15) is 22.0 Å². The van der Waals surface area contributed by atoms with Crippen LogP contribution in [0.5, 0.6) is 0 Å². The first-order valence-electron chi connectivity index (χ1n) is 8.08. The van der Waals surface area contributed by atoms with Gasteiger partial charge in [-0.05, 0) is 42.0 Å². The van der Waals surface area contributed by atoms with Crippen LogP contribution in [0.25, 0.3) is 0 Å². The molecule has 1 saturated heterocycles. The largest absolute Gasteiger partial charge is 0.337 e. The van der Waals surface area contributed by atoms with E-state index in [1.165, 1.54) is 28.4 Å². The van der Waals surface area contributed by atoms with Gasteiger partial charge in [-0.1, -0.05) is 6.07 Å². The van der Waals surface area contributed by atoms with Crippen molar-refractivity contribution in [1.82, 2.24) is 9.21 Å². The van der Waals surface area contributed by atoms with Gasteiger partial charge in [0, 0.05) is 26.7 Å². The molecule has 1 aliphatic rings. The van der Waals surface area contributed by atoms with Crippen LogP contribution in [-0.4, -0.2) is 43.7 Å². The standard InChI is InChI=1S/C17H18F2N2O3S2/c1-20(11-12-4-5-13(18)14(19)10-12)17(22)16-15(6-9-25-16)26(23,24)21-7-2-3-8-21/h4-6,9-10H,2-3,7-8,11H2,1H3. The summed E-state index contributed by atoms with van der Waals surface area (Å²) in [6.45, 7) is 0.949. The molecule has 9 heteroatoms. The highest BCUT2D eigenvalue weighted by Crippen LogP contribution is 2.28. The van der Waals surface area contributed by atoms with Gasteiger partial charge >= 0.3 is 0 Å². The van der Waals surface area contributed by atoms with Crippen LogP contribution in [0.15, 0.2) is 34.5 Å². The topological polar surface area (TPSA) is 57.7 Å². The van der Waals surface area contributed by atoms with Gasteiger partial charge in [-0.2, -0.15) is 4.31 Å². The summed E-state index contributed by atoms with van der Waals surface area (Å²) in [6, 6.07) is 4.85. The zero-order valence-corrected chi connectivity index (χ0v) is 15.7. The Morgan fingerprint density at radius 2 is 1.88 bits per heavy atom. The lowest BCUT2D eigenvalue weighted by molar-refractivity contribution is 0.0786. The Hall–Kier alpha value is -1.84. The van der Waals surface area contributed by atoms with Crippen LogP contribution in [0.4, 0.5) is 8.78 Å². The molecule has 1 aromatic carbocycles. The lowest BCUT2D eigenvalue weighted by atomic mass is 10.2. The number of hydrogen-bond donors (Lipinski definition) is 0. The number of carbonyl (C=O) groups excluding carboxylic acids is 1. The molecule has 0 N–H and O–H groups in total. The lowest BCUT2D eigenvalue weighted by Gasteiger charge is -2.19. The molecule has 0 bridgehead atoms.